The van der Waals surface area contributed by atoms with Crippen LogP contribution in [0.25, 0.3) is 10.8 Å². The van der Waals surface area contributed by atoms with E-state index in [4.69, 9.17) is 4.74 Å². The van der Waals surface area contributed by atoms with Crippen molar-refractivity contribution in [2.75, 3.05) is 32.8 Å². The van der Waals surface area contributed by atoms with Gasteiger partial charge in [-0.1, -0.05) is 60.7 Å². The van der Waals surface area contributed by atoms with E-state index in [1.807, 2.05) is 24.3 Å². The summed E-state index contributed by atoms with van der Waals surface area (Å²) < 4.78 is 32.6. The van der Waals surface area contributed by atoms with Gasteiger partial charge in [-0.3, -0.25) is 14.4 Å². The highest BCUT2D eigenvalue weighted by Gasteiger charge is 2.30. The maximum atomic E-state index is 13.1. The lowest BCUT2D eigenvalue weighted by atomic mass is 10.1. The maximum absolute atomic E-state index is 13.1. The Morgan fingerprint density at radius 1 is 0.771 bits per heavy atom. The van der Waals surface area contributed by atoms with Gasteiger partial charge in [0.25, 0.3) is 5.91 Å². The molecule has 4 rings (SSSR count). The third kappa shape index (κ3) is 5.93. The number of sulfonamides is 1. The zero-order valence-corrected chi connectivity index (χ0v) is 19.9. The van der Waals surface area contributed by atoms with Crippen LogP contribution in [-0.2, 0) is 24.3 Å². The molecule has 3 aromatic rings. The molecule has 0 spiro atoms. The van der Waals surface area contributed by atoms with Crippen LogP contribution in [-0.4, -0.2) is 68.1 Å². The van der Waals surface area contributed by atoms with Crippen molar-refractivity contribution in [3.8, 4) is 0 Å². The molecule has 8 nitrogen and oxygen atoms in total. The molecule has 0 saturated carbocycles. The van der Waals surface area contributed by atoms with Gasteiger partial charge < -0.3 is 9.64 Å². The van der Waals surface area contributed by atoms with Crippen LogP contribution < -0.4 is 0 Å². The molecule has 182 valence electrons. The monoisotopic (exact) mass is 494 g/mol. The molecule has 1 aliphatic heterocycles. The molecule has 1 aliphatic rings. The number of benzene rings is 3. The summed E-state index contributed by atoms with van der Waals surface area (Å²) in [6.45, 7) is 0.280. The highest BCUT2D eigenvalue weighted by atomic mass is 32.2. The first-order valence-electron chi connectivity index (χ1n) is 11.4. The molecule has 0 N–H and O–H groups in total. The van der Waals surface area contributed by atoms with Crippen LogP contribution in [0.1, 0.15) is 23.2 Å². The second-order valence-corrected chi connectivity index (χ2v) is 10.2. The van der Waals surface area contributed by atoms with Gasteiger partial charge in [0.05, 0.1) is 11.3 Å². The Bertz CT molecular complexity index is 1330. The Kier molecular flexibility index (Phi) is 7.57. The summed E-state index contributed by atoms with van der Waals surface area (Å²) in [6.07, 6.45) is -0.110. The van der Waals surface area contributed by atoms with Gasteiger partial charge in [-0.2, -0.15) is 4.31 Å². The summed E-state index contributed by atoms with van der Waals surface area (Å²) in [6, 6.07) is 21.2. The first-order valence-corrected chi connectivity index (χ1v) is 12.8. The minimum atomic E-state index is -3.69. The average Bonchev–Trinajstić information content (AvgIpc) is 2.90. The van der Waals surface area contributed by atoms with E-state index in [0.29, 0.717) is 5.56 Å². The van der Waals surface area contributed by atoms with Crippen LogP contribution in [0.3, 0.4) is 0 Å². The molecule has 0 bridgehead atoms. The number of carbonyl (C=O) groups excluding carboxylic acids is 3. The summed E-state index contributed by atoms with van der Waals surface area (Å²) in [4.78, 5) is 38.2. The Morgan fingerprint density at radius 3 is 2.14 bits per heavy atom. The SMILES string of the molecule is O=C(CCC(=O)c1ccccc1)OCC(=O)N1CCN(S(=O)(=O)c2ccc3ccccc3c2)CC1. The zero-order chi connectivity index (χ0) is 24.8. The summed E-state index contributed by atoms with van der Waals surface area (Å²) >= 11 is 0. The van der Waals surface area contributed by atoms with Gasteiger partial charge in [0.15, 0.2) is 12.4 Å². The molecule has 1 amide bonds. The predicted molar refractivity (Wildman–Crippen MR) is 130 cm³/mol. The summed E-state index contributed by atoms with van der Waals surface area (Å²) in [5.74, 6) is -1.19. The largest absolute Gasteiger partial charge is 0.456 e. The number of carbonyl (C=O) groups is 3. The maximum Gasteiger partial charge on any atom is 0.306 e. The van der Waals surface area contributed by atoms with Gasteiger partial charge in [-0.15, -0.1) is 0 Å². The van der Waals surface area contributed by atoms with Crippen LogP contribution in [0.15, 0.2) is 77.7 Å². The zero-order valence-electron chi connectivity index (χ0n) is 19.1. The molecule has 0 radical (unpaired) electrons. The number of rotatable bonds is 8. The van der Waals surface area contributed by atoms with Crippen molar-refractivity contribution in [1.29, 1.82) is 0 Å². The Morgan fingerprint density at radius 2 is 1.43 bits per heavy atom. The summed E-state index contributed by atoms with van der Waals surface area (Å²) in [7, 11) is -3.69. The van der Waals surface area contributed by atoms with E-state index in [-0.39, 0.29) is 49.7 Å². The molecule has 1 fully saturated rings. The molecule has 1 heterocycles. The fraction of sp³-hybridized carbons (Fsp3) is 0.269. The first kappa shape index (κ1) is 24.6. The Balaban J connectivity index is 1.24. The number of ether oxygens (including phenoxy) is 1. The van der Waals surface area contributed by atoms with Gasteiger partial charge in [0.1, 0.15) is 0 Å². The number of hydrogen-bond acceptors (Lipinski definition) is 6. The van der Waals surface area contributed by atoms with E-state index < -0.39 is 28.5 Å². The molecule has 0 aromatic heterocycles. The molecule has 3 aromatic carbocycles. The Labute approximate surface area is 204 Å². The number of Topliss-reactive ketones (excluding diaryl/α,β-unsaturated/α-hetero) is 1. The van der Waals surface area contributed by atoms with Crippen LogP contribution >= 0.6 is 0 Å². The predicted octanol–water partition coefficient (Wildman–Crippen LogP) is 2.88. The van der Waals surface area contributed by atoms with E-state index in [9.17, 15) is 22.8 Å². The molecule has 0 atom stereocenters. The van der Waals surface area contributed by atoms with Crippen molar-refractivity contribution in [1.82, 2.24) is 9.21 Å². The minimum absolute atomic E-state index is 0.00232. The number of hydrogen-bond donors (Lipinski definition) is 0. The molecular weight excluding hydrogens is 468 g/mol. The third-order valence-corrected chi connectivity index (χ3v) is 7.85. The second kappa shape index (κ2) is 10.8. The number of ketones is 1. The fourth-order valence-corrected chi connectivity index (χ4v) is 5.40. The topological polar surface area (TPSA) is 101 Å². The Hall–Kier alpha value is -3.56. The van der Waals surface area contributed by atoms with Crippen molar-refractivity contribution in [2.24, 2.45) is 0 Å². The van der Waals surface area contributed by atoms with Crippen molar-refractivity contribution in [2.45, 2.75) is 17.7 Å². The lowest BCUT2D eigenvalue weighted by molar-refractivity contribution is -0.152. The quantitative estimate of drug-likeness (QED) is 0.353. The van der Waals surface area contributed by atoms with Gasteiger partial charge in [-0.05, 0) is 22.9 Å². The molecule has 1 saturated heterocycles. The number of nitrogens with zero attached hydrogens (tertiary/aromatic N) is 2. The number of esters is 1. The van der Waals surface area contributed by atoms with Gasteiger partial charge in [0, 0.05) is 38.2 Å². The van der Waals surface area contributed by atoms with Gasteiger partial charge >= 0.3 is 5.97 Å². The third-order valence-electron chi connectivity index (χ3n) is 5.96. The van der Waals surface area contributed by atoms with Crippen LogP contribution in [0.4, 0.5) is 0 Å². The van der Waals surface area contributed by atoms with Crippen LogP contribution in [0.2, 0.25) is 0 Å². The smallest absolute Gasteiger partial charge is 0.306 e. The van der Waals surface area contributed by atoms with E-state index in [2.05, 4.69) is 0 Å². The first-order chi connectivity index (χ1) is 16.8. The fourth-order valence-electron chi connectivity index (χ4n) is 3.94. The lowest BCUT2D eigenvalue weighted by Gasteiger charge is -2.33. The van der Waals surface area contributed by atoms with Crippen molar-refractivity contribution in [3.05, 3.63) is 78.4 Å². The van der Waals surface area contributed by atoms with E-state index in [0.717, 1.165) is 10.8 Å². The van der Waals surface area contributed by atoms with Gasteiger partial charge in [-0.25, -0.2) is 8.42 Å². The molecule has 9 heteroatoms. The van der Waals surface area contributed by atoms with Crippen LogP contribution in [0, 0.1) is 0 Å². The number of fused-ring (bicyclic) bond motifs is 1. The van der Waals surface area contributed by atoms with Crippen molar-refractivity contribution in [3.63, 3.8) is 0 Å². The highest BCUT2D eigenvalue weighted by molar-refractivity contribution is 7.89. The average molecular weight is 495 g/mol. The summed E-state index contributed by atoms with van der Waals surface area (Å²) in [5, 5.41) is 1.80. The van der Waals surface area contributed by atoms with Gasteiger partial charge in [0.2, 0.25) is 10.0 Å². The van der Waals surface area contributed by atoms with Crippen molar-refractivity contribution < 1.29 is 27.5 Å². The molecule has 35 heavy (non-hydrogen) atoms. The van der Waals surface area contributed by atoms with Crippen LogP contribution in [0.5, 0.6) is 0 Å². The number of amides is 1. The normalized spacial score (nSPS) is 14.6. The molecule has 0 unspecified atom stereocenters. The molecular formula is C26H26N2O6S. The van der Waals surface area contributed by atoms with E-state index in [1.165, 1.54) is 9.21 Å². The second-order valence-electron chi connectivity index (χ2n) is 8.24. The standard InChI is InChI=1S/C26H26N2O6S/c29-24(21-7-2-1-3-8-21)12-13-26(31)34-19-25(30)27-14-16-28(17-15-27)35(32,33)23-11-10-20-6-4-5-9-22(20)18-23/h1-11,18H,12-17,19H2. The van der Waals surface area contributed by atoms with E-state index >= 15 is 0 Å². The summed E-state index contributed by atoms with van der Waals surface area (Å²) in [5.41, 5.74) is 0.521. The lowest BCUT2D eigenvalue weighted by Crippen LogP contribution is -2.51. The van der Waals surface area contributed by atoms with E-state index in [1.54, 1.807) is 48.5 Å². The van der Waals surface area contributed by atoms with Crippen molar-refractivity contribution >= 4 is 38.5 Å². The highest BCUT2D eigenvalue weighted by Crippen LogP contribution is 2.23. The molecule has 0 aliphatic carbocycles. The minimum Gasteiger partial charge on any atom is -0.456 e. The number of piperazine rings is 1.